The molecule has 0 saturated carbocycles. The van der Waals surface area contributed by atoms with Crippen LogP contribution in [-0.2, 0) is 44.6 Å². The maximum atomic E-state index is 6.17. The molecule has 1 aliphatic rings. The van der Waals surface area contributed by atoms with Crippen molar-refractivity contribution in [3.63, 3.8) is 0 Å². The van der Waals surface area contributed by atoms with E-state index in [1.54, 1.807) is 0 Å². The van der Waals surface area contributed by atoms with Crippen LogP contribution in [0.1, 0.15) is 95.9 Å². The summed E-state index contributed by atoms with van der Waals surface area (Å²) >= 11 is 64.7. The normalized spacial score (nSPS) is 12.1. The van der Waals surface area contributed by atoms with Crippen molar-refractivity contribution in [3.8, 4) is 0 Å². The van der Waals surface area contributed by atoms with Gasteiger partial charge in [0.05, 0.1) is 0 Å². The van der Waals surface area contributed by atoms with Crippen molar-refractivity contribution in [2.75, 3.05) is 72.7 Å². The fourth-order valence-electron chi connectivity index (χ4n) is 15.7. The number of rotatable bonds is 22. The molecule has 1 heterocycles. The maximum absolute atomic E-state index is 6.17. The second-order valence-corrected chi connectivity index (χ2v) is 64.7. The van der Waals surface area contributed by atoms with Gasteiger partial charge in [-0.05, 0) is 325 Å². The van der Waals surface area contributed by atoms with Gasteiger partial charge in [-0.1, -0.05) is 291 Å². The zero-order valence-electron chi connectivity index (χ0n) is 80.9. The molecule has 19 rings (SSSR count). The van der Waals surface area contributed by atoms with Gasteiger partial charge in [-0.3, -0.25) is 0 Å². The molecule has 0 aromatic heterocycles. The van der Waals surface area contributed by atoms with Gasteiger partial charge in [-0.25, -0.2) is 0 Å². The largest absolute Gasteiger partial charge is 1.00 e. The monoisotopic (exact) mass is 2300 g/mol. The van der Waals surface area contributed by atoms with E-state index < -0.39 is 41.0 Å². The molecule has 18 aromatic rings. The summed E-state index contributed by atoms with van der Waals surface area (Å²) in [5.41, 5.74) is 0. The molecule has 0 spiro atoms. The van der Waals surface area contributed by atoms with Gasteiger partial charge in [0.2, 0.25) is 0 Å². The summed E-state index contributed by atoms with van der Waals surface area (Å²) in [4.78, 5) is 0. The summed E-state index contributed by atoms with van der Waals surface area (Å²) in [6.45, 7) is 31.0. The molecule has 0 bridgehead atoms. The van der Waals surface area contributed by atoms with Crippen LogP contribution in [0.4, 0.5) is 0 Å². The Hall–Kier alpha value is -5.49. The first-order chi connectivity index (χ1) is 66.6. The third-order valence-corrected chi connectivity index (χ3v) is 34.4. The van der Waals surface area contributed by atoms with Crippen molar-refractivity contribution in [1.82, 2.24) is 0 Å². The zero-order chi connectivity index (χ0) is 100. The van der Waals surface area contributed by atoms with E-state index >= 15 is 0 Å². The Morgan fingerprint density at radius 2 is 0.386 bits per heavy atom. The van der Waals surface area contributed by atoms with Gasteiger partial charge < -0.3 is 50.5 Å². The topological polar surface area (TPSA) is 92.3 Å². The van der Waals surface area contributed by atoms with Crippen LogP contribution < -0.4 is 39.6 Å². The van der Waals surface area contributed by atoms with Gasteiger partial charge >= 0.3 is 56.6 Å². The molecule has 1 aliphatic heterocycles. The van der Waals surface area contributed by atoms with E-state index in [4.69, 9.17) is 169 Å². The Kier molecular flexibility index (Phi) is 49.2. The van der Waals surface area contributed by atoms with Gasteiger partial charge in [0, 0.05) is 97.2 Å². The predicted molar refractivity (Wildman–Crippen MR) is 623 cm³/mol. The summed E-state index contributed by atoms with van der Waals surface area (Å²) in [6.07, 6.45) is 2.56. The Labute approximate surface area is 911 Å². The molecule has 0 aliphatic carbocycles. The molecule has 29 heteroatoms. The first-order valence-electron chi connectivity index (χ1n) is 46.2. The molecule has 18 aromatic carbocycles. The fraction of sp³-hybridized carbons (Fsp3) is 0.234. The molecule has 0 amide bonds. The average molecular weight is 2310 g/mol. The predicted octanol–water partition coefficient (Wildman–Crippen LogP) is 31.5. The molecule has 0 N–H and O–H groups in total. The second-order valence-electron chi connectivity index (χ2n) is 32.2. The number of benzene rings is 18. The molecule has 1 fully saturated rings. The van der Waals surface area contributed by atoms with Crippen molar-refractivity contribution in [3.05, 3.63) is 342 Å². The number of fused-ring (bicyclic) bond motifs is 12. The number of halogens is 13. The second kappa shape index (κ2) is 58.3. The first kappa shape index (κ1) is 118. The summed E-state index contributed by atoms with van der Waals surface area (Å²) < 4.78 is 59.9. The molecular formula is C111H116Br2Cl11LiO10Si5. The third-order valence-electron chi connectivity index (χ3n) is 21.4. The minimum Gasteiger partial charge on any atom is -0.381 e. The molecule has 140 heavy (non-hydrogen) atoms. The molecule has 0 unspecified atom stereocenters. The van der Waals surface area contributed by atoms with Crippen LogP contribution in [-0.4, -0.2) is 114 Å². The third kappa shape index (κ3) is 36.2. The summed E-state index contributed by atoms with van der Waals surface area (Å²) in [5.74, 6) is 1.42. The quantitative estimate of drug-likeness (QED) is 0.0215. The summed E-state index contributed by atoms with van der Waals surface area (Å²) in [6, 6.07) is 112. The molecule has 10 nitrogen and oxygen atoms in total. The van der Waals surface area contributed by atoms with E-state index in [9.17, 15) is 0 Å². The van der Waals surface area contributed by atoms with Gasteiger partial charge in [-0.2, -0.15) is 20.8 Å². The van der Waals surface area contributed by atoms with E-state index in [0.29, 0.717) is 59.5 Å². The van der Waals surface area contributed by atoms with E-state index in [1.165, 1.54) is 126 Å². The Morgan fingerprint density at radius 1 is 0.243 bits per heavy atom. The van der Waals surface area contributed by atoms with Crippen LogP contribution in [0.25, 0.3) is 129 Å². The van der Waals surface area contributed by atoms with Crippen molar-refractivity contribution in [2.24, 2.45) is 0 Å². The van der Waals surface area contributed by atoms with Gasteiger partial charge in [0.25, 0.3) is 3.25 Å². The van der Waals surface area contributed by atoms with Gasteiger partial charge in [0.15, 0.2) is 0 Å². The number of alkyl halides is 4. The van der Waals surface area contributed by atoms with E-state index in [-0.39, 0.29) is 18.9 Å². The van der Waals surface area contributed by atoms with Crippen molar-refractivity contribution in [1.29, 1.82) is 0 Å². The molecular weight excluding hydrogens is 2190 g/mol. The van der Waals surface area contributed by atoms with Crippen LogP contribution >= 0.6 is 156 Å². The van der Waals surface area contributed by atoms with E-state index in [2.05, 4.69) is 356 Å². The van der Waals surface area contributed by atoms with E-state index in [0.717, 1.165) is 64.5 Å². The first-order valence-corrected chi connectivity index (χ1v) is 65.5. The number of ether oxygens (including phenoxy) is 1. The van der Waals surface area contributed by atoms with E-state index in [1.807, 2.05) is 86.6 Å². The summed E-state index contributed by atoms with van der Waals surface area (Å²) in [5, 5.41) is 30.8. The molecule has 1 saturated heterocycles. The molecule has 732 valence electrons. The van der Waals surface area contributed by atoms with Crippen LogP contribution in [0.2, 0.25) is 0 Å². The standard InChI is InChI=1S/C20H23Cl3O3Si2.2C20H24O3Si.2C14H9Br.C14H10.C4H8O.C4H9.CCl4.Cl4Si.Li/c1-4-24-28(25-5-2,26-6-3)20-10-8-16-11-17-13-19(27(21,22)23)9-7-15(17)12-18(16)14-20;2*1-4-21-24(22-5-2,23-6-3)20-12-11-18-13-16-9-7-8-10-17(16)14-19(18)15-20;2*15-14-6-5-12-7-10-3-1-2-4-11(10)8-13(12)9-14;1-2-6-12-10-14-8-4-3-7-13(14)9-11(12)5-1;1-2-4-5-3-1;1-4(2)3;2-1(3,4)5;1-5(2,3)4;/h7-14H,4-6H2,1-3H3;2*7-15H,4-6H2,1-3H3;2*1-9H;1-10H;1-4H2;1-3H3;;;/q;;;;;;;-1;;;+1. The SMILES string of the molecule is Brc1ccc2cc3ccccc3cc2c1.Brc1ccc2cc3ccccc3cc2c1.C1CCOC1.CCO[Si](OCC)(OCC)c1ccc2cc3cc([Si](Cl)(Cl)Cl)ccc3cc2c1.CCO[Si](OCC)(OCC)c1ccc2cc3ccccc3cc2c1.CCO[Si](OCC)(OCC)c1ccc2cc3ccccc3cc2c1.C[C-](C)C.ClC(Cl)(Cl)Cl.Cl[Si](Cl)(Cl)Cl.[Li+].c1ccc2cc3ccccc3cc2c1. The number of hydrogen-bond donors (Lipinski definition) is 0. The number of hydrogen-bond acceptors (Lipinski definition) is 10. The minimum absolute atomic E-state index is 0. The smallest absolute Gasteiger partial charge is 0.381 e. The van der Waals surface area contributed by atoms with Crippen LogP contribution in [0, 0.1) is 5.92 Å². The molecule has 0 radical (unpaired) electrons. The fourth-order valence-corrected chi connectivity index (χ4v) is 25.6. The van der Waals surface area contributed by atoms with Crippen molar-refractivity contribution < 1.29 is 63.4 Å². The Bertz CT molecular complexity index is 6540. The van der Waals surface area contributed by atoms with Crippen LogP contribution in [0.15, 0.2) is 337 Å². The Morgan fingerprint density at radius 3 is 0.543 bits per heavy atom. The Balaban J connectivity index is 0.000000183. The maximum Gasteiger partial charge on any atom is 1.00 e. The minimum atomic E-state index is -2.94. The average Bonchev–Trinajstić information content (AvgIpc) is 1.00. The van der Waals surface area contributed by atoms with Crippen molar-refractivity contribution in [2.45, 2.75) is 99.2 Å². The van der Waals surface area contributed by atoms with Crippen LogP contribution in [0.3, 0.4) is 0 Å². The molecule has 0 atom stereocenters. The van der Waals surface area contributed by atoms with Gasteiger partial charge in [-0.15, -0.1) is 77.6 Å². The summed E-state index contributed by atoms with van der Waals surface area (Å²) in [7, 11) is -8.65. The zero-order valence-corrected chi connectivity index (χ0v) is 97.4. The van der Waals surface area contributed by atoms with Crippen LogP contribution in [0.5, 0.6) is 0 Å². The van der Waals surface area contributed by atoms with Crippen molar-refractivity contribution >= 4 is 344 Å². The van der Waals surface area contributed by atoms with Gasteiger partial charge in [0.1, 0.15) is 0 Å².